The second kappa shape index (κ2) is 9.08. The minimum atomic E-state index is -0.701. The van der Waals surface area contributed by atoms with Gasteiger partial charge in [0.25, 0.3) is 0 Å². The number of rotatable bonds is 7. The van der Waals surface area contributed by atoms with Crippen LogP contribution in [-0.2, 0) is 14.3 Å². The van der Waals surface area contributed by atoms with Gasteiger partial charge in [-0.15, -0.1) is 0 Å². The molecule has 0 heterocycles. The fourth-order valence-corrected chi connectivity index (χ4v) is 2.79. The molecule has 1 aliphatic carbocycles. The number of hydroxylamine groups is 1. The van der Waals surface area contributed by atoms with E-state index in [4.69, 9.17) is 14.7 Å². The van der Waals surface area contributed by atoms with Gasteiger partial charge in [0.1, 0.15) is 0 Å². The topological polar surface area (TPSA) is 94.1 Å². The molecule has 0 radical (unpaired) electrons. The molecule has 1 fully saturated rings. The van der Waals surface area contributed by atoms with Gasteiger partial charge in [0.05, 0.1) is 26.7 Å². The molecule has 1 aliphatic rings. The zero-order chi connectivity index (χ0) is 18.2. The summed E-state index contributed by atoms with van der Waals surface area (Å²) in [6.45, 7) is 0. The van der Waals surface area contributed by atoms with Crippen LogP contribution in [0.2, 0.25) is 0 Å². The van der Waals surface area contributed by atoms with E-state index in [1.807, 2.05) is 0 Å². The van der Waals surface area contributed by atoms with Gasteiger partial charge < -0.3 is 14.2 Å². The van der Waals surface area contributed by atoms with Crippen LogP contribution in [0, 0.1) is 0 Å². The lowest BCUT2D eigenvalue weighted by Gasteiger charge is -2.16. The fraction of sp³-hybridized carbons (Fsp3) is 0.444. The molecule has 0 aliphatic heterocycles. The quantitative estimate of drug-likeness (QED) is 0.340. The summed E-state index contributed by atoms with van der Waals surface area (Å²) < 4.78 is 16.0. The Bertz CT molecular complexity index is 649. The second-order valence-electron chi connectivity index (χ2n) is 5.81. The molecular formula is C18H23NO6. The Morgan fingerprint density at radius 3 is 2.56 bits per heavy atom. The Balaban J connectivity index is 2.28. The van der Waals surface area contributed by atoms with Crippen molar-refractivity contribution in [2.75, 3.05) is 14.2 Å². The van der Waals surface area contributed by atoms with Crippen LogP contribution in [0.15, 0.2) is 23.8 Å². The first-order chi connectivity index (χ1) is 12.1. The van der Waals surface area contributed by atoms with Crippen molar-refractivity contribution in [3.05, 3.63) is 29.3 Å². The van der Waals surface area contributed by atoms with E-state index in [0.29, 0.717) is 17.1 Å². The van der Waals surface area contributed by atoms with Gasteiger partial charge in [-0.3, -0.25) is 10.0 Å². The smallest absolute Gasteiger partial charge is 0.334 e. The van der Waals surface area contributed by atoms with Crippen molar-refractivity contribution >= 4 is 18.0 Å². The third-order valence-corrected chi connectivity index (χ3v) is 4.05. The summed E-state index contributed by atoms with van der Waals surface area (Å²) in [5, 5.41) is 8.66. The first kappa shape index (κ1) is 18.8. The van der Waals surface area contributed by atoms with E-state index in [1.165, 1.54) is 18.7 Å². The summed E-state index contributed by atoms with van der Waals surface area (Å²) in [6, 6.07) is 5.26. The van der Waals surface area contributed by atoms with Gasteiger partial charge >= 0.3 is 5.97 Å². The van der Waals surface area contributed by atoms with Crippen LogP contribution in [-0.4, -0.2) is 37.4 Å². The Morgan fingerprint density at radius 2 is 1.96 bits per heavy atom. The summed E-state index contributed by atoms with van der Waals surface area (Å²) in [7, 11) is 2.80. The fourth-order valence-electron chi connectivity index (χ4n) is 2.79. The molecule has 1 aromatic rings. The maximum atomic E-state index is 11.8. The number of carbonyl (C=O) groups excluding carboxylic acids is 2. The average Bonchev–Trinajstić information content (AvgIpc) is 3.13. The summed E-state index contributed by atoms with van der Waals surface area (Å²) in [6.07, 6.45) is 5.70. The van der Waals surface area contributed by atoms with Gasteiger partial charge in [-0.1, -0.05) is 6.07 Å². The van der Waals surface area contributed by atoms with Gasteiger partial charge in [-0.25, -0.2) is 10.3 Å². The Morgan fingerprint density at radius 1 is 1.24 bits per heavy atom. The number of benzene rings is 1. The minimum absolute atomic E-state index is 0.117. The number of ether oxygens (including phenoxy) is 3. The van der Waals surface area contributed by atoms with Gasteiger partial charge in [-0.05, 0) is 49.5 Å². The molecule has 2 N–H and O–H groups in total. The van der Waals surface area contributed by atoms with Crippen molar-refractivity contribution in [1.82, 2.24) is 5.48 Å². The van der Waals surface area contributed by atoms with E-state index in [1.54, 1.807) is 25.3 Å². The molecule has 0 saturated heterocycles. The number of methoxy groups -OCH3 is 2. The molecule has 1 amide bonds. The van der Waals surface area contributed by atoms with E-state index in [2.05, 4.69) is 4.74 Å². The van der Waals surface area contributed by atoms with Crippen LogP contribution in [0.25, 0.3) is 6.08 Å². The lowest BCUT2D eigenvalue weighted by atomic mass is 10.1. The third-order valence-electron chi connectivity index (χ3n) is 4.05. The molecule has 0 atom stereocenters. The van der Waals surface area contributed by atoms with Gasteiger partial charge in [0.2, 0.25) is 5.91 Å². The van der Waals surface area contributed by atoms with E-state index >= 15 is 0 Å². The van der Waals surface area contributed by atoms with Crippen LogP contribution < -0.4 is 15.0 Å². The number of esters is 1. The van der Waals surface area contributed by atoms with Crippen LogP contribution in [0.4, 0.5) is 0 Å². The Kier molecular flexibility index (Phi) is 6.82. The highest BCUT2D eigenvalue weighted by Crippen LogP contribution is 2.33. The normalized spacial score (nSPS) is 14.9. The van der Waals surface area contributed by atoms with E-state index in [9.17, 15) is 9.59 Å². The zero-order valence-corrected chi connectivity index (χ0v) is 14.4. The number of carbonyl (C=O) groups is 2. The maximum Gasteiger partial charge on any atom is 0.334 e. The molecule has 0 bridgehead atoms. The minimum Gasteiger partial charge on any atom is -0.493 e. The molecule has 1 saturated carbocycles. The van der Waals surface area contributed by atoms with Crippen LogP contribution >= 0.6 is 0 Å². The van der Waals surface area contributed by atoms with E-state index in [0.717, 1.165) is 25.7 Å². The number of amides is 1. The number of hydrogen-bond acceptors (Lipinski definition) is 6. The van der Waals surface area contributed by atoms with E-state index < -0.39 is 11.9 Å². The van der Waals surface area contributed by atoms with Crippen molar-refractivity contribution in [3.63, 3.8) is 0 Å². The van der Waals surface area contributed by atoms with Crippen molar-refractivity contribution in [2.24, 2.45) is 0 Å². The highest BCUT2D eigenvalue weighted by Gasteiger charge is 2.19. The molecule has 25 heavy (non-hydrogen) atoms. The molecule has 2 rings (SSSR count). The van der Waals surface area contributed by atoms with Gasteiger partial charge in [0, 0.05) is 5.57 Å². The zero-order valence-electron chi connectivity index (χ0n) is 14.4. The number of hydrogen-bond donors (Lipinski definition) is 2. The van der Waals surface area contributed by atoms with Crippen molar-refractivity contribution in [2.45, 2.75) is 38.2 Å². The van der Waals surface area contributed by atoms with E-state index in [-0.39, 0.29) is 18.1 Å². The van der Waals surface area contributed by atoms with Crippen LogP contribution in [0.1, 0.15) is 37.7 Å². The molecule has 7 nitrogen and oxygen atoms in total. The molecule has 1 aromatic carbocycles. The molecule has 136 valence electrons. The number of nitrogens with one attached hydrogen (secondary N) is 1. The van der Waals surface area contributed by atoms with Gasteiger partial charge in [0.15, 0.2) is 11.5 Å². The monoisotopic (exact) mass is 349 g/mol. The Labute approximate surface area is 146 Å². The lowest BCUT2D eigenvalue weighted by Crippen LogP contribution is -2.21. The van der Waals surface area contributed by atoms with Crippen LogP contribution in [0.3, 0.4) is 0 Å². The predicted octanol–water partition coefficient (Wildman–Crippen LogP) is 2.47. The highest BCUT2D eigenvalue weighted by molar-refractivity contribution is 5.99. The standard InChI is InChI=1S/C18H23NO6/c1-23-15-8-7-12(10-16(15)25-14-5-3-4-6-14)9-13(18(21)24-2)11-17(20)19-22/h7-10,14,22H,3-6,11H2,1-2H3,(H,19,20)/b13-9+. The summed E-state index contributed by atoms with van der Waals surface area (Å²) >= 11 is 0. The molecule has 7 heteroatoms. The summed E-state index contributed by atoms with van der Waals surface area (Å²) in [5.74, 6) is -0.138. The SMILES string of the molecule is COC(=O)/C(=C/c1ccc(OC)c(OC2CCCC2)c1)CC(=O)NO. The maximum absolute atomic E-state index is 11.8. The van der Waals surface area contributed by atoms with Crippen molar-refractivity contribution < 1.29 is 29.0 Å². The van der Waals surface area contributed by atoms with Crippen molar-refractivity contribution in [3.8, 4) is 11.5 Å². The molecule has 0 spiro atoms. The average molecular weight is 349 g/mol. The lowest BCUT2D eigenvalue weighted by molar-refractivity contribution is -0.138. The van der Waals surface area contributed by atoms with Gasteiger partial charge in [-0.2, -0.15) is 0 Å². The predicted molar refractivity (Wildman–Crippen MR) is 90.4 cm³/mol. The largest absolute Gasteiger partial charge is 0.493 e. The van der Waals surface area contributed by atoms with Crippen LogP contribution in [0.5, 0.6) is 11.5 Å². The summed E-state index contributed by atoms with van der Waals surface area (Å²) in [5.41, 5.74) is 2.29. The van der Waals surface area contributed by atoms with Crippen molar-refractivity contribution in [1.29, 1.82) is 0 Å². The highest BCUT2D eigenvalue weighted by atomic mass is 16.5. The molecular weight excluding hydrogens is 326 g/mol. The first-order valence-electron chi connectivity index (χ1n) is 8.14. The summed E-state index contributed by atoms with van der Waals surface area (Å²) in [4.78, 5) is 23.2. The first-order valence-corrected chi connectivity index (χ1v) is 8.14. The molecule has 0 aromatic heterocycles. The third kappa shape index (κ3) is 5.22. The second-order valence-corrected chi connectivity index (χ2v) is 5.81. The Hall–Kier alpha value is -2.54. The molecule has 0 unspecified atom stereocenters.